The summed E-state index contributed by atoms with van der Waals surface area (Å²) in [6, 6.07) is 2.06. The Morgan fingerprint density at radius 3 is 2.64 bits per heavy atom. The van der Waals surface area contributed by atoms with Crippen molar-refractivity contribution in [3.63, 3.8) is 0 Å². The van der Waals surface area contributed by atoms with E-state index >= 15 is 0 Å². The van der Waals surface area contributed by atoms with Crippen molar-refractivity contribution in [2.75, 3.05) is 13.1 Å². The highest BCUT2D eigenvalue weighted by Crippen LogP contribution is 2.52. The third kappa shape index (κ3) is 3.50. The minimum atomic E-state index is -1.19. The van der Waals surface area contributed by atoms with E-state index in [1.165, 1.54) is 10.5 Å². The van der Waals surface area contributed by atoms with Crippen LogP contribution >= 0.6 is 0 Å². The van der Waals surface area contributed by atoms with Crippen molar-refractivity contribution in [3.8, 4) is 0 Å². The second-order valence-electron chi connectivity index (χ2n) is 8.27. The van der Waals surface area contributed by atoms with Crippen molar-refractivity contribution in [2.45, 2.75) is 57.7 Å². The first-order chi connectivity index (χ1) is 11.6. The van der Waals surface area contributed by atoms with Gasteiger partial charge in [-0.15, -0.1) is 4.72 Å². The number of piperidine rings is 1. The molecule has 1 aliphatic heterocycles. The van der Waals surface area contributed by atoms with E-state index in [1.54, 1.807) is 0 Å². The standard InChI is InChI=1S/C18H27N3O3S/c1-12-9-13-10-18(5-7-21(8-6-18)16(22)23)15(14(13)11-19-12)20-25(24)17(2,3)4/h9,11,15,20H,5-8,10H2,1-4H3,(H,22,23)/t15-,25-/m1/s1. The average Bonchev–Trinajstić information content (AvgIpc) is 2.79. The molecule has 0 aromatic carbocycles. The highest BCUT2D eigenvalue weighted by atomic mass is 32.2. The number of pyridine rings is 1. The van der Waals surface area contributed by atoms with E-state index in [9.17, 15) is 14.5 Å². The van der Waals surface area contributed by atoms with Crippen LogP contribution in [0.1, 0.15) is 56.5 Å². The summed E-state index contributed by atoms with van der Waals surface area (Å²) < 4.78 is 15.8. The lowest BCUT2D eigenvalue weighted by atomic mass is 9.73. The van der Waals surface area contributed by atoms with Gasteiger partial charge in [0.1, 0.15) is 4.75 Å². The number of nitrogens with one attached hydrogen (secondary N) is 1. The predicted molar refractivity (Wildman–Crippen MR) is 97.7 cm³/mol. The molecule has 25 heavy (non-hydrogen) atoms. The quantitative estimate of drug-likeness (QED) is 0.787. The first kappa shape index (κ1) is 18.5. The number of aromatic nitrogens is 1. The van der Waals surface area contributed by atoms with Gasteiger partial charge in [0.25, 0.3) is 0 Å². The van der Waals surface area contributed by atoms with Gasteiger partial charge in [-0.2, -0.15) is 0 Å². The molecule has 1 aromatic rings. The van der Waals surface area contributed by atoms with Gasteiger partial charge in [-0.3, -0.25) is 4.98 Å². The Morgan fingerprint density at radius 2 is 2.08 bits per heavy atom. The number of likely N-dealkylation sites (tertiary alicyclic amines) is 1. The summed E-state index contributed by atoms with van der Waals surface area (Å²) in [7, 11) is 0. The van der Waals surface area contributed by atoms with Crippen LogP contribution in [0.25, 0.3) is 0 Å². The molecule has 3 rings (SSSR count). The fraction of sp³-hybridized carbons (Fsp3) is 0.667. The van der Waals surface area contributed by atoms with Gasteiger partial charge in [-0.1, -0.05) is 0 Å². The van der Waals surface area contributed by atoms with Crippen LogP contribution in [0.2, 0.25) is 0 Å². The molecular weight excluding hydrogens is 338 g/mol. The number of hydrogen-bond acceptors (Lipinski definition) is 4. The first-order valence-electron chi connectivity index (χ1n) is 8.74. The lowest BCUT2D eigenvalue weighted by Crippen LogP contribution is -2.50. The van der Waals surface area contributed by atoms with Crippen LogP contribution in [0, 0.1) is 12.3 Å². The predicted octanol–water partition coefficient (Wildman–Crippen LogP) is 2.80. The van der Waals surface area contributed by atoms with Gasteiger partial charge in [0.05, 0.1) is 6.04 Å². The monoisotopic (exact) mass is 365 g/mol. The number of amides is 1. The number of carboxylic acid groups (broad SMARTS) is 1. The van der Waals surface area contributed by atoms with Crippen LogP contribution in [0.4, 0.5) is 4.79 Å². The van der Waals surface area contributed by atoms with Crippen LogP contribution in [0.5, 0.6) is 0 Å². The maximum atomic E-state index is 12.8. The zero-order valence-corrected chi connectivity index (χ0v) is 16.2. The largest absolute Gasteiger partial charge is 0.598 e. The second-order valence-corrected chi connectivity index (χ2v) is 10.3. The van der Waals surface area contributed by atoms with Crippen LogP contribution < -0.4 is 4.72 Å². The average molecular weight is 365 g/mol. The number of rotatable bonds is 2. The molecule has 2 heterocycles. The summed E-state index contributed by atoms with van der Waals surface area (Å²) in [5.74, 6) is 0. The first-order valence-corrected chi connectivity index (χ1v) is 9.89. The van der Waals surface area contributed by atoms with E-state index in [0.717, 1.165) is 30.5 Å². The lowest BCUT2D eigenvalue weighted by molar-refractivity contribution is 0.0764. The maximum Gasteiger partial charge on any atom is 0.407 e. The highest BCUT2D eigenvalue weighted by Gasteiger charge is 2.51. The zero-order valence-electron chi connectivity index (χ0n) is 15.3. The van der Waals surface area contributed by atoms with Crippen LogP contribution in [0.15, 0.2) is 12.3 Å². The van der Waals surface area contributed by atoms with Gasteiger partial charge >= 0.3 is 6.09 Å². The molecule has 0 radical (unpaired) electrons. The third-order valence-corrected chi connectivity index (χ3v) is 7.00. The Balaban J connectivity index is 1.90. The smallest absolute Gasteiger partial charge is 0.407 e. The Hall–Kier alpha value is -1.31. The van der Waals surface area contributed by atoms with Crippen molar-refractivity contribution in [3.05, 3.63) is 29.1 Å². The van der Waals surface area contributed by atoms with Crippen molar-refractivity contribution in [2.24, 2.45) is 5.41 Å². The number of aryl methyl sites for hydroxylation is 1. The number of hydrogen-bond donors (Lipinski definition) is 2. The SMILES string of the molecule is Cc1cc2c(cn1)[C@@H](N[S@+]([O-])C(C)(C)C)C1(CCN(C(=O)O)CC1)C2. The van der Waals surface area contributed by atoms with E-state index < -0.39 is 17.5 Å². The highest BCUT2D eigenvalue weighted by molar-refractivity contribution is 7.90. The molecule has 1 saturated heterocycles. The Kier molecular flexibility index (Phi) is 4.77. The Morgan fingerprint density at radius 1 is 1.44 bits per heavy atom. The Bertz CT molecular complexity index is 666. The van der Waals surface area contributed by atoms with Gasteiger partial charge in [0.15, 0.2) is 0 Å². The van der Waals surface area contributed by atoms with Crippen molar-refractivity contribution >= 4 is 17.5 Å². The normalized spacial score (nSPS) is 23.6. The molecule has 0 unspecified atom stereocenters. The molecular formula is C18H27N3O3S. The molecule has 2 atom stereocenters. The second kappa shape index (κ2) is 6.45. The Labute approximate surface area is 152 Å². The minimum absolute atomic E-state index is 0.0494. The van der Waals surface area contributed by atoms with E-state index in [4.69, 9.17) is 0 Å². The lowest BCUT2D eigenvalue weighted by Gasteiger charge is -2.43. The third-order valence-electron chi connectivity index (χ3n) is 5.44. The summed E-state index contributed by atoms with van der Waals surface area (Å²) in [6.45, 7) is 8.90. The molecule has 2 aliphatic rings. The van der Waals surface area contributed by atoms with Crippen molar-refractivity contribution < 1.29 is 14.5 Å². The number of carbonyl (C=O) groups is 1. The number of nitrogens with zero attached hydrogens (tertiary/aromatic N) is 2. The summed E-state index contributed by atoms with van der Waals surface area (Å²) in [5.41, 5.74) is 3.26. The van der Waals surface area contributed by atoms with E-state index in [1.807, 2.05) is 33.9 Å². The van der Waals surface area contributed by atoms with Crippen molar-refractivity contribution in [1.82, 2.24) is 14.6 Å². The van der Waals surface area contributed by atoms with E-state index in [2.05, 4.69) is 15.8 Å². The van der Waals surface area contributed by atoms with Gasteiger partial charge in [0, 0.05) is 41.8 Å². The van der Waals surface area contributed by atoms with E-state index in [0.29, 0.717) is 13.1 Å². The molecule has 1 aliphatic carbocycles. The number of fused-ring (bicyclic) bond motifs is 1. The topological polar surface area (TPSA) is 88.5 Å². The zero-order chi connectivity index (χ0) is 18.4. The van der Waals surface area contributed by atoms with E-state index in [-0.39, 0.29) is 16.2 Å². The fourth-order valence-electron chi connectivity index (χ4n) is 3.93. The van der Waals surface area contributed by atoms with Gasteiger partial charge in [-0.05, 0) is 64.2 Å². The maximum absolute atomic E-state index is 12.8. The minimum Gasteiger partial charge on any atom is -0.598 e. The molecule has 1 fully saturated rings. The summed E-state index contributed by atoms with van der Waals surface area (Å²) >= 11 is -1.19. The summed E-state index contributed by atoms with van der Waals surface area (Å²) in [5, 5.41) is 9.25. The van der Waals surface area contributed by atoms with Crippen LogP contribution in [0.3, 0.4) is 0 Å². The molecule has 1 aromatic heterocycles. The molecule has 0 saturated carbocycles. The van der Waals surface area contributed by atoms with Gasteiger partial charge in [0.2, 0.25) is 0 Å². The van der Waals surface area contributed by atoms with Crippen molar-refractivity contribution in [1.29, 1.82) is 0 Å². The van der Waals surface area contributed by atoms with Gasteiger partial charge in [-0.25, -0.2) is 4.79 Å². The van der Waals surface area contributed by atoms with Crippen LogP contribution in [-0.2, 0) is 17.8 Å². The van der Waals surface area contributed by atoms with Crippen LogP contribution in [-0.4, -0.2) is 43.5 Å². The molecule has 138 valence electrons. The molecule has 1 spiro atoms. The van der Waals surface area contributed by atoms with Gasteiger partial charge < -0.3 is 14.6 Å². The fourth-order valence-corrected chi connectivity index (χ4v) is 4.88. The molecule has 6 nitrogen and oxygen atoms in total. The summed E-state index contributed by atoms with van der Waals surface area (Å²) in [6.07, 6.45) is 3.47. The summed E-state index contributed by atoms with van der Waals surface area (Å²) in [4.78, 5) is 17.2. The molecule has 7 heteroatoms. The molecule has 1 amide bonds. The molecule has 0 bridgehead atoms. The molecule has 2 N–H and O–H groups in total.